The number of pyridine rings is 1. The molecule has 3 heteroatoms. The minimum atomic E-state index is 0.428. The normalized spacial score (nSPS) is 16.4. The van der Waals surface area contributed by atoms with Crippen molar-refractivity contribution in [1.29, 1.82) is 5.26 Å². The highest BCUT2D eigenvalue weighted by Gasteiger charge is 2.34. The molecule has 102 valence electrons. The molecule has 1 N–H and O–H groups in total. The van der Waals surface area contributed by atoms with E-state index in [9.17, 15) is 5.26 Å². The molecule has 0 spiro atoms. The SMILES string of the molecule is CCC1(CNc2c(C#N)cnc3ccccc23)CCC1. The van der Waals surface area contributed by atoms with Gasteiger partial charge in [-0.25, -0.2) is 0 Å². The van der Waals surface area contributed by atoms with Crippen molar-refractivity contribution in [2.75, 3.05) is 11.9 Å². The van der Waals surface area contributed by atoms with Gasteiger partial charge < -0.3 is 5.32 Å². The van der Waals surface area contributed by atoms with Crippen LogP contribution in [0.3, 0.4) is 0 Å². The van der Waals surface area contributed by atoms with Gasteiger partial charge in [-0.3, -0.25) is 4.98 Å². The Balaban J connectivity index is 1.95. The Labute approximate surface area is 119 Å². The zero-order valence-electron chi connectivity index (χ0n) is 11.8. The lowest BCUT2D eigenvalue weighted by Crippen LogP contribution is -2.36. The van der Waals surface area contributed by atoms with Crippen molar-refractivity contribution in [2.24, 2.45) is 5.41 Å². The molecule has 0 bridgehead atoms. The summed E-state index contributed by atoms with van der Waals surface area (Å²) in [5, 5.41) is 13.9. The predicted molar refractivity (Wildman–Crippen MR) is 81.5 cm³/mol. The third-order valence-corrected chi connectivity index (χ3v) is 4.70. The fraction of sp³-hybridized carbons (Fsp3) is 0.412. The number of benzene rings is 1. The lowest BCUT2D eigenvalue weighted by atomic mass is 9.67. The molecule has 0 radical (unpaired) electrons. The van der Waals surface area contributed by atoms with Gasteiger partial charge in [0, 0.05) is 18.1 Å². The van der Waals surface area contributed by atoms with Gasteiger partial charge in [0.15, 0.2) is 0 Å². The Bertz CT molecular complexity index is 660. The second-order valence-corrected chi connectivity index (χ2v) is 5.74. The molecule has 3 rings (SSSR count). The van der Waals surface area contributed by atoms with Crippen molar-refractivity contribution in [3.63, 3.8) is 0 Å². The van der Waals surface area contributed by atoms with Crippen molar-refractivity contribution in [3.05, 3.63) is 36.0 Å². The van der Waals surface area contributed by atoms with Gasteiger partial charge in [-0.15, -0.1) is 0 Å². The first-order chi connectivity index (χ1) is 9.78. The standard InChI is InChI=1S/C17H19N3/c1-2-17(8-5-9-17)12-20-16-13(10-18)11-19-15-7-4-3-6-14(15)16/h3-4,6-7,11H,2,5,8-9,12H2,1H3,(H,19,20). The van der Waals surface area contributed by atoms with Crippen LogP contribution in [0.25, 0.3) is 10.9 Å². The van der Waals surface area contributed by atoms with E-state index >= 15 is 0 Å². The Morgan fingerprint density at radius 1 is 1.35 bits per heavy atom. The molecule has 1 heterocycles. The molecule has 20 heavy (non-hydrogen) atoms. The maximum absolute atomic E-state index is 9.31. The summed E-state index contributed by atoms with van der Waals surface area (Å²) in [5.41, 5.74) is 2.94. The van der Waals surface area contributed by atoms with Gasteiger partial charge in [0.25, 0.3) is 0 Å². The van der Waals surface area contributed by atoms with Crippen LogP contribution in [0.2, 0.25) is 0 Å². The number of nitrogens with one attached hydrogen (secondary N) is 1. The minimum absolute atomic E-state index is 0.428. The molecule has 1 fully saturated rings. The number of anilines is 1. The van der Waals surface area contributed by atoms with E-state index in [4.69, 9.17) is 0 Å². The van der Waals surface area contributed by atoms with E-state index in [1.165, 1.54) is 25.7 Å². The molecule has 1 aliphatic carbocycles. The second-order valence-electron chi connectivity index (χ2n) is 5.74. The van der Waals surface area contributed by atoms with Crippen molar-refractivity contribution >= 4 is 16.6 Å². The van der Waals surface area contributed by atoms with Gasteiger partial charge in [0.1, 0.15) is 6.07 Å². The Morgan fingerprint density at radius 2 is 2.15 bits per heavy atom. The van der Waals surface area contributed by atoms with Crippen LogP contribution >= 0.6 is 0 Å². The van der Waals surface area contributed by atoms with Crippen LogP contribution in [0.15, 0.2) is 30.5 Å². The minimum Gasteiger partial charge on any atom is -0.383 e. The number of hydrogen-bond acceptors (Lipinski definition) is 3. The van der Waals surface area contributed by atoms with E-state index < -0.39 is 0 Å². The summed E-state index contributed by atoms with van der Waals surface area (Å²) >= 11 is 0. The number of nitriles is 1. The third kappa shape index (κ3) is 2.12. The lowest BCUT2D eigenvalue weighted by Gasteiger charge is -2.41. The molecule has 1 aromatic carbocycles. The molecular weight excluding hydrogens is 246 g/mol. The van der Waals surface area contributed by atoms with E-state index in [0.29, 0.717) is 11.0 Å². The first kappa shape index (κ1) is 12.9. The molecule has 0 saturated heterocycles. The van der Waals surface area contributed by atoms with Gasteiger partial charge in [0.05, 0.1) is 16.8 Å². The molecule has 0 atom stereocenters. The zero-order valence-corrected chi connectivity index (χ0v) is 11.8. The van der Waals surface area contributed by atoms with Crippen LogP contribution in [0.4, 0.5) is 5.69 Å². The quantitative estimate of drug-likeness (QED) is 0.905. The summed E-state index contributed by atoms with van der Waals surface area (Å²) in [4.78, 5) is 4.35. The lowest BCUT2D eigenvalue weighted by molar-refractivity contribution is 0.145. The summed E-state index contributed by atoms with van der Waals surface area (Å²) in [6.07, 6.45) is 6.79. The van der Waals surface area contributed by atoms with Crippen molar-refractivity contribution in [1.82, 2.24) is 4.98 Å². The van der Waals surface area contributed by atoms with Crippen LogP contribution in [0.1, 0.15) is 38.2 Å². The molecule has 1 aromatic heterocycles. The third-order valence-electron chi connectivity index (χ3n) is 4.70. The summed E-state index contributed by atoms with van der Waals surface area (Å²) < 4.78 is 0. The van der Waals surface area contributed by atoms with E-state index in [1.807, 2.05) is 24.3 Å². The smallest absolute Gasteiger partial charge is 0.103 e. The van der Waals surface area contributed by atoms with Gasteiger partial charge >= 0.3 is 0 Å². The zero-order chi connectivity index (χ0) is 14.0. The first-order valence-electron chi connectivity index (χ1n) is 7.30. The fourth-order valence-corrected chi connectivity index (χ4v) is 3.02. The average Bonchev–Trinajstić information content (AvgIpc) is 2.46. The summed E-state index contributed by atoms with van der Waals surface area (Å²) in [6.45, 7) is 3.21. The van der Waals surface area contributed by atoms with Crippen LogP contribution < -0.4 is 5.32 Å². The van der Waals surface area contributed by atoms with Crippen LogP contribution in [0, 0.1) is 16.7 Å². The molecule has 0 aliphatic heterocycles. The van der Waals surface area contributed by atoms with Crippen molar-refractivity contribution < 1.29 is 0 Å². The summed E-state index contributed by atoms with van der Waals surface area (Å²) in [6, 6.07) is 10.2. The number of para-hydroxylation sites is 1. The number of hydrogen-bond donors (Lipinski definition) is 1. The Kier molecular flexibility index (Phi) is 3.31. The van der Waals surface area contributed by atoms with Gasteiger partial charge in [-0.2, -0.15) is 5.26 Å². The largest absolute Gasteiger partial charge is 0.383 e. The van der Waals surface area contributed by atoms with Gasteiger partial charge in [-0.1, -0.05) is 31.5 Å². The fourth-order valence-electron chi connectivity index (χ4n) is 3.02. The number of rotatable bonds is 4. The highest BCUT2D eigenvalue weighted by atomic mass is 14.9. The van der Waals surface area contributed by atoms with E-state index in [0.717, 1.165) is 23.1 Å². The van der Waals surface area contributed by atoms with E-state index in [2.05, 4.69) is 23.3 Å². The molecule has 1 saturated carbocycles. The van der Waals surface area contributed by atoms with Crippen LogP contribution in [0.5, 0.6) is 0 Å². The molecule has 2 aromatic rings. The average molecular weight is 265 g/mol. The van der Waals surface area contributed by atoms with Crippen molar-refractivity contribution in [3.8, 4) is 6.07 Å². The monoisotopic (exact) mass is 265 g/mol. The van der Waals surface area contributed by atoms with Crippen LogP contribution in [-0.2, 0) is 0 Å². The number of fused-ring (bicyclic) bond motifs is 1. The highest BCUT2D eigenvalue weighted by Crippen LogP contribution is 2.44. The molecule has 3 nitrogen and oxygen atoms in total. The van der Waals surface area contributed by atoms with E-state index in [-0.39, 0.29) is 0 Å². The van der Waals surface area contributed by atoms with Gasteiger partial charge in [-0.05, 0) is 30.7 Å². The molecule has 1 aliphatic rings. The predicted octanol–water partition coefficient (Wildman–Crippen LogP) is 4.10. The topological polar surface area (TPSA) is 48.7 Å². The second kappa shape index (κ2) is 5.13. The first-order valence-corrected chi connectivity index (χ1v) is 7.30. The number of aromatic nitrogens is 1. The maximum atomic E-state index is 9.31. The van der Waals surface area contributed by atoms with E-state index in [1.54, 1.807) is 6.20 Å². The highest BCUT2D eigenvalue weighted by molar-refractivity contribution is 5.93. The van der Waals surface area contributed by atoms with Crippen LogP contribution in [-0.4, -0.2) is 11.5 Å². The Hall–Kier alpha value is -2.08. The summed E-state index contributed by atoms with van der Waals surface area (Å²) in [5.74, 6) is 0. The summed E-state index contributed by atoms with van der Waals surface area (Å²) in [7, 11) is 0. The molecule has 0 amide bonds. The van der Waals surface area contributed by atoms with Gasteiger partial charge in [0.2, 0.25) is 0 Å². The maximum Gasteiger partial charge on any atom is 0.103 e. The molecular formula is C17H19N3. The van der Waals surface area contributed by atoms with Crippen molar-refractivity contribution in [2.45, 2.75) is 32.6 Å². The Morgan fingerprint density at radius 3 is 2.80 bits per heavy atom. The molecule has 0 unspecified atom stereocenters. The number of nitrogens with zero attached hydrogens (tertiary/aromatic N) is 2.